The molecule has 0 radical (unpaired) electrons. The number of nitrogens with one attached hydrogen (secondary N) is 1. The second kappa shape index (κ2) is 11.9. The van der Waals surface area contributed by atoms with Crippen LogP contribution in [0.5, 0.6) is 0 Å². The Labute approximate surface area is 255 Å². The number of hydrogen-bond acceptors (Lipinski definition) is 8. The van der Waals surface area contributed by atoms with Crippen molar-refractivity contribution in [3.05, 3.63) is 94.0 Å². The predicted molar refractivity (Wildman–Crippen MR) is 166 cm³/mol. The van der Waals surface area contributed by atoms with Crippen LogP contribution in [0.15, 0.2) is 71.5 Å². The highest BCUT2D eigenvalue weighted by Gasteiger charge is 2.47. The van der Waals surface area contributed by atoms with Crippen molar-refractivity contribution < 1.29 is 9.63 Å². The molecule has 5 aromatic rings. The van der Waals surface area contributed by atoms with Crippen molar-refractivity contribution in [2.24, 2.45) is 5.92 Å². The van der Waals surface area contributed by atoms with Crippen molar-refractivity contribution in [1.82, 2.24) is 35.2 Å². The number of ketones is 1. The number of aryl methyl sites for hydroxylation is 1. The van der Waals surface area contributed by atoms with E-state index in [0.717, 1.165) is 65.7 Å². The number of rotatable bonds is 8. The van der Waals surface area contributed by atoms with E-state index >= 15 is 0 Å². The molecule has 1 saturated carbocycles. The van der Waals surface area contributed by atoms with E-state index in [1.807, 2.05) is 54.1 Å². The largest absolute Gasteiger partial charge is 0.299 e. The molecule has 1 aliphatic carbocycles. The zero-order valence-electron chi connectivity index (χ0n) is 24.9. The van der Waals surface area contributed by atoms with Crippen LogP contribution in [0.3, 0.4) is 0 Å². The average molecular weight is 590 g/mol. The zero-order valence-corrected chi connectivity index (χ0v) is 24.9. The van der Waals surface area contributed by atoms with E-state index in [0.29, 0.717) is 29.7 Å². The molecule has 7 rings (SSSR count). The van der Waals surface area contributed by atoms with Crippen LogP contribution in [0.2, 0.25) is 0 Å². The molecule has 0 spiro atoms. The van der Waals surface area contributed by atoms with Crippen molar-refractivity contribution in [1.29, 1.82) is 0 Å². The van der Waals surface area contributed by atoms with Crippen LogP contribution in [0.1, 0.15) is 62.0 Å². The van der Waals surface area contributed by atoms with Gasteiger partial charge in [0, 0.05) is 25.5 Å². The Balaban J connectivity index is 1.24. The van der Waals surface area contributed by atoms with E-state index in [9.17, 15) is 9.59 Å². The number of unbranched alkanes of at least 4 members (excludes halogenated alkanes) is 1. The monoisotopic (exact) mass is 589 g/mol. The minimum absolute atomic E-state index is 0.0671. The second-order valence-electron chi connectivity index (χ2n) is 11.8. The van der Waals surface area contributed by atoms with E-state index in [-0.39, 0.29) is 29.4 Å². The third-order valence-electron chi connectivity index (χ3n) is 8.99. The number of hydrogen-bond donors (Lipinski definition) is 1. The summed E-state index contributed by atoms with van der Waals surface area (Å²) in [6.45, 7) is 2.55. The van der Waals surface area contributed by atoms with Gasteiger partial charge in [-0.3, -0.25) is 19.0 Å². The molecule has 2 aromatic heterocycles. The molecule has 1 N–H and O–H groups in total. The molecule has 3 heterocycles. The van der Waals surface area contributed by atoms with Gasteiger partial charge in [0.25, 0.3) is 5.56 Å². The van der Waals surface area contributed by atoms with Gasteiger partial charge in [-0.2, -0.15) is 10.3 Å². The lowest BCUT2D eigenvalue weighted by Crippen LogP contribution is -2.32. The molecular formula is C34H35N7O3. The van der Waals surface area contributed by atoms with Gasteiger partial charge in [0.05, 0.1) is 35.5 Å². The normalized spacial score (nSPS) is 20.3. The fraction of sp³-hybridized carbons (Fsp3) is 0.353. The van der Waals surface area contributed by atoms with Crippen molar-refractivity contribution in [2.75, 3.05) is 7.05 Å². The maximum Gasteiger partial charge on any atom is 0.261 e. The Bertz CT molecular complexity index is 1870. The topological polar surface area (TPSA) is 119 Å². The van der Waals surface area contributed by atoms with E-state index in [1.54, 1.807) is 5.06 Å². The number of tetrazole rings is 1. The van der Waals surface area contributed by atoms with E-state index in [4.69, 9.17) is 9.82 Å². The highest BCUT2D eigenvalue weighted by atomic mass is 16.7. The van der Waals surface area contributed by atoms with Gasteiger partial charge >= 0.3 is 0 Å². The van der Waals surface area contributed by atoms with Gasteiger partial charge in [0.15, 0.2) is 0 Å². The Morgan fingerprint density at radius 1 is 1.02 bits per heavy atom. The number of hydroxylamine groups is 2. The van der Waals surface area contributed by atoms with E-state index < -0.39 is 0 Å². The summed E-state index contributed by atoms with van der Waals surface area (Å²) in [4.78, 5) is 38.2. The number of fused-ring (bicyclic) bond motifs is 2. The van der Waals surface area contributed by atoms with Crippen LogP contribution in [-0.2, 0) is 22.6 Å². The standard InChI is InChI=1S/C34H35N7O3/c1-3-4-12-30-35-27-18-17-23(32-31-28(42)10-7-11-29(31)44-40(32)2)19-26(27)34(43)41(30)20-21-13-15-22(16-14-21)24-8-5-6-9-25(24)33-36-38-39-37-33/h5-6,8-9,13-19,29,31-32H,3-4,7,10-12,20H2,1-2H3,(H,36,37,38,39)/t29-,31+,32-/m0/s1. The maximum absolute atomic E-state index is 14.2. The molecule has 1 saturated heterocycles. The lowest BCUT2D eigenvalue weighted by atomic mass is 9.79. The van der Waals surface area contributed by atoms with Crippen molar-refractivity contribution in [2.45, 2.75) is 64.1 Å². The quantitative estimate of drug-likeness (QED) is 0.259. The Morgan fingerprint density at radius 2 is 1.84 bits per heavy atom. The van der Waals surface area contributed by atoms with Crippen molar-refractivity contribution in [3.63, 3.8) is 0 Å². The van der Waals surface area contributed by atoms with Crippen LogP contribution in [0.4, 0.5) is 0 Å². The van der Waals surface area contributed by atoms with Gasteiger partial charge in [-0.05, 0) is 58.9 Å². The lowest BCUT2D eigenvalue weighted by Gasteiger charge is -2.26. The molecule has 10 nitrogen and oxygen atoms in total. The van der Waals surface area contributed by atoms with Gasteiger partial charge in [0.1, 0.15) is 11.6 Å². The zero-order chi connectivity index (χ0) is 30.2. The molecule has 0 unspecified atom stereocenters. The molecule has 2 fully saturated rings. The summed E-state index contributed by atoms with van der Waals surface area (Å²) in [7, 11) is 1.88. The first-order valence-electron chi connectivity index (χ1n) is 15.4. The Hall–Kier alpha value is -4.54. The summed E-state index contributed by atoms with van der Waals surface area (Å²) in [6.07, 6.45) is 4.89. The fourth-order valence-electron chi connectivity index (χ4n) is 6.79. The first kappa shape index (κ1) is 28.2. The molecule has 0 amide bonds. The molecule has 1 aliphatic heterocycles. The highest BCUT2D eigenvalue weighted by Crippen LogP contribution is 2.44. The summed E-state index contributed by atoms with van der Waals surface area (Å²) < 4.78 is 1.81. The lowest BCUT2D eigenvalue weighted by molar-refractivity contribution is -0.149. The van der Waals surface area contributed by atoms with Crippen molar-refractivity contribution >= 4 is 16.7 Å². The first-order chi connectivity index (χ1) is 21.5. The summed E-state index contributed by atoms with van der Waals surface area (Å²) in [5.74, 6) is 1.35. The third-order valence-corrected chi connectivity index (χ3v) is 8.99. The third kappa shape index (κ3) is 5.14. The van der Waals surface area contributed by atoms with Gasteiger partial charge in [-0.15, -0.1) is 10.2 Å². The molecule has 3 atom stereocenters. The number of Topliss-reactive ketones (excluding diaryl/α,β-unsaturated/α-hetero) is 1. The number of benzene rings is 3. The molecule has 2 aliphatic rings. The van der Waals surface area contributed by atoms with Crippen LogP contribution >= 0.6 is 0 Å². The van der Waals surface area contributed by atoms with Crippen LogP contribution < -0.4 is 5.56 Å². The predicted octanol–water partition coefficient (Wildman–Crippen LogP) is 5.29. The number of carbonyl (C=O) groups is 1. The van der Waals surface area contributed by atoms with E-state index in [2.05, 4.69) is 51.8 Å². The van der Waals surface area contributed by atoms with Crippen LogP contribution in [-0.4, -0.2) is 54.2 Å². The number of aromatic nitrogens is 6. The van der Waals surface area contributed by atoms with Gasteiger partial charge in [0.2, 0.25) is 5.82 Å². The number of aromatic amines is 1. The van der Waals surface area contributed by atoms with Gasteiger partial charge < -0.3 is 0 Å². The van der Waals surface area contributed by atoms with Gasteiger partial charge in [-0.25, -0.2) is 4.98 Å². The summed E-state index contributed by atoms with van der Waals surface area (Å²) in [5, 5.41) is 16.9. The molecule has 0 bridgehead atoms. The molecule has 10 heteroatoms. The smallest absolute Gasteiger partial charge is 0.261 e. The first-order valence-corrected chi connectivity index (χ1v) is 15.4. The number of nitrogens with zero attached hydrogens (tertiary/aromatic N) is 6. The average Bonchev–Trinajstić information content (AvgIpc) is 3.70. The molecule has 3 aromatic carbocycles. The minimum Gasteiger partial charge on any atom is -0.299 e. The van der Waals surface area contributed by atoms with Crippen LogP contribution in [0, 0.1) is 5.92 Å². The Morgan fingerprint density at radius 3 is 2.61 bits per heavy atom. The minimum atomic E-state index is -0.215. The fourth-order valence-corrected chi connectivity index (χ4v) is 6.79. The van der Waals surface area contributed by atoms with Crippen molar-refractivity contribution in [3.8, 4) is 22.5 Å². The maximum atomic E-state index is 14.2. The molecule has 224 valence electrons. The summed E-state index contributed by atoms with van der Waals surface area (Å²) in [6, 6.07) is 21.8. The van der Waals surface area contributed by atoms with Crippen LogP contribution in [0.25, 0.3) is 33.4 Å². The number of carbonyl (C=O) groups excluding carboxylic acids is 1. The number of H-pyrrole nitrogens is 1. The highest BCUT2D eigenvalue weighted by molar-refractivity contribution is 5.84. The Kier molecular flexibility index (Phi) is 7.61. The summed E-state index contributed by atoms with van der Waals surface area (Å²) in [5.41, 5.74) is 5.45. The summed E-state index contributed by atoms with van der Waals surface area (Å²) >= 11 is 0. The van der Waals surface area contributed by atoms with Gasteiger partial charge in [-0.1, -0.05) is 67.9 Å². The SMILES string of the molecule is CCCCc1nc2ccc([C@H]3[C@@H]4C(=O)CCC[C@@H]4ON3C)cc2c(=O)n1Cc1ccc(-c2ccccc2-c2nn[nH]n2)cc1. The van der Waals surface area contributed by atoms with E-state index in [1.165, 1.54) is 0 Å². The molecule has 44 heavy (non-hydrogen) atoms. The molecular weight excluding hydrogens is 554 g/mol. The second-order valence-corrected chi connectivity index (χ2v) is 11.8.